The van der Waals surface area contributed by atoms with Crippen LogP contribution in [-0.2, 0) is 9.59 Å². The number of carbonyl (C=O) groups excluding carboxylic acids is 2. The molecule has 0 saturated heterocycles. The summed E-state index contributed by atoms with van der Waals surface area (Å²) < 4.78 is 0. The van der Waals surface area contributed by atoms with Crippen LogP contribution in [0.2, 0.25) is 0 Å². The molecular formula is C13H16N4O2. The van der Waals surface area contributed by atoms with Gasteiger partial charge in [0.25, 0.3) is 11.8 Å². The number of hydrogen-bond donors (Lipinski definition) is 0. The third-order valence-corrected chi connectivity index (χ3v) is 3.52. The van der Waals surface area contributed by atoms with E-state index in [1.54, 1.807) is 0 Å². The van der Waals surface area contributed by atoms with Crippen LogP contribution in [0, 0.1) is 5.41 Å². The molecule has 0 aromatic carbocycles. The summed E-state index contributed by atoms with van der Waals surface area (Å²) in [7, 11) is 0. The number of nitrogens with zero attached hydrogens (tertiary/aromatic N) is 4. The molecule has 0 radical (unpaired) electrons. The maximum absolute atomic E-state index is 11.9. The average Bonchev–Trinajstić information content (AvgIpc) is 2.98. The van der Waals surface area contributed by atoms with E-state index in [1.165, 1.54) is 12.4 Å². The Hall–Kier alpha value is -1.98. The molecule has 2 aliphatic heterocycles. The van der Waals surface area contributed by atoms with Crippen LogP contribution < -0.4 is 0 Å². The van der Waals surface area contributed by atoms with E-state index in [1.807, 2.05) is 13.8 Å². The molecule has 2 aliphatic rings. The molecule has 6 nitrogen and oxygen atoms in total. The van der Waals surface area contributed by atoms with Gasteiger partial charge in [0, 0.05) is 5.41 Å². The van der Waals surface area contributed by atoms with Gasteiger partial charge < -0.3 is 0 Å². The maximum atomic E-state index is 11.9. The lowest BCUT2D eigenvalue weighted by Crippen LogP contribution is -2.31. The van der Waals surface area contributed by atoms with Crippen molar-refractivity contribution in [2.75, 3.05) is 0 Å². The van der Waals surface area contributed by atoms with Gasteiger partial charge in [-0.15, -0.1) is 10.2 Å². The number of hydrogen-bond acceptors (Lipinski definition) is 4. The minimum absolute atomic E-state index is 0.359. The van der Waals surface area contributed by atoms with Gasteiger partial charge in [-0.05, 0) is 12.8 Å². The lowest BCUT2D eigenvalue weighted by Gasteiger charge is -2.33. The summed E-state index contributed by atoms with van der Waals surface area (Å²) in [5.41, 5.74) is 0.330. The first-order valence-corrected chi connectivity index (χ1v) is 6.47. The van der Waals surface area contributed by atoms with Crippen molar-refractivity contribution in [2.45, 2.75) is 39.5 Å². The Kier molecular flexibility index (Phi) is 3.78. The van der Waals surface area contributed by atoms with Crippen molar-refractivity contribution in [3.8, 4) is 0 Å². The number of rotatable bonds is 6. The lowest BCUT2D eigenvalue weighted by atomic mass is 9.67. The zero-order valence-corrected chi connectivity index (χ0v) is 11.1. The fourth-order valence-electron chi connectivity index (χ4n) is 2.82. The normalized spacial score (nSPS) is 18.2. The van der Waals surface area contributed by atoms with E-state index in [0.717, 1.165) is 12.8 Å². The SMILES string of the molecule is CCCC(CCC)(C1=CN=NC1=O)C1=CN=NC1=O. The van der Waals surface area contributed by atoms with Crippen LogP contribution in [0.5, 0.6) is 0 Å². The summed E-state index contributed by atoms with van der Waals surface area (Å²) in [6.45, 7) is 4.04. The summed E-state index contributed by atoms with van der Waals surface area (Å²) in [6, 6.07) is 0. The molecule has 0 atom stereocenters. The third-order valence-electron chi connectivity index (χ3n) is 3.52. The molecule has 2 amide bonds. The molecule has 0 aromatic heterocycles. The molecule has 0 bridgehead atoms. The monoisotopic (exact) mass is 260 g/mol. The van der Waals surface area contributed by atoms with Gasteiger partial charge in [0.1, 0.15) is 0 Å². The first-order chi connectivity index (χ1) is 9.15. The van der Waals surface area contributed by atoms with Crippen molar-refractivity contribution >= 4 is 11.8 Å². The van der Waals surface area contributed by atoms with Crippen LogP contribution in [0.3, 0.4) is 0 Å². The Bertz CT molecular complexity index is 481. The second kappa shape index (κ2) is 5.34. The minimum atomic E-state index is -0.648. The molecule has 0 fully saturated rings. The van der Waals surface area contributed by atoms with Crippen molar-refractivity contribution in [1.82, 2.24) is 0 Å². The first-order valence-electron chi connectivity index (χ1n) is 6.47. The van der Waals surface area contributed by atoms with Crippen LogP contribution in [0.1, 0.15) is 39.5 Å². The quantitative estimate of drug-likeness (QED) is 0.733. The minimum Gasteiger partial charge on any atom is -0.265 e. The highest BCUT2D eigenvalue weighted by molar-refractivity contribution is 6.03. The van der Waals surface area contributed by atoms with Crippen LogP contribution >= 0.6 is 0 Å². The highest BCUT2D eigenvalue weighted by Crippen LogP contribution is 2.47. The van der Waals surface area contributed by atoms with Gasteiger partial charge in [0.15, 0.2) is 0 Å². The molecule has 0 aromatic rings. The number of amides is 2. The molecule has 0 N–H and O–H groups in total. The summed E-state index contributed by atoms with van der Waals surface area (Å²) in [4.78, 5) is 23.8. The zero-order chi connectivity index (χ0) is 13.9. The predicted molar refractivity (Wildman–Crippen MR) is 68.1 cm³/mol. The van der Waals surface area contributed by atoms with E-state index < -0.39 is 5.41 Å². The van der Waals surface area contributed by atoms with Crippen molar-refractivity contribution in [2.24, 2.45) is 25.9 Å². The molecule has 0 spiro atoms. The fourth-order valence-corrected chi connectivity index (χ4v) is 2.82. The number of azo groups is 2. The smallest absolute Gasteiger partial charge is 0.265 e. The Morgan fingerprint density at radius 2 is 1.32 bits per heavy atom. The highest BCUT2D eigenvalue weighted by atomic mass is 16.2. The molecule has 2 heterocycles. The third kappa shape index (κ3) is 2.18. The molecule has 6 heteroatoms. The van der Waals surface area contributed by atoms with E-state index in [2.05, 4.69) is 20.5 Å². The van der Waals surface area contributed by atoms with Gasteiger partial charge in [-0.3, -0.25) is 9.59 Å². The largest absolute Gasteiger partial charge is 0.293 e. The Morgan fingerprint density at radius 1 is 0.895 bits per heavy atom. The van der Waals surface area contributed by atoms with E-state index in [-0.39, 0.29) is 11.8 Å². The summed E-state index contributed by atoms with van der Waals surface area (Å²) >= 11 is 0. The number of carbonyl (C=O) groups is 2. The second-order valence-electron chi connectivity index (χ2n) is 4.71. The van der Waals surface area contributed by atoms with Gasteiger partial charge in [0.05, 0.1) is 23.5 Å². The van der Waals surface area contributed by atoms with Crippen molar-refractivity contribution < 1.29 is 9.59 Å². The topological polar surface area (TPSA) is 83.6 Å². The van der Waals surface area contributed by atoms with Crippen LogP contribution in [0.4, 0.5) is 0 Å². The van der Waals surface area contributed by atoms with Crippen molar-refractivity contribution in [1.29, 1.82) is 0 Å². The molecule has 100 valence electrons. The highest BCUT2D eigenvalue weighted by Gasteiger charge is 2.45. The molecule has 19 heavy (non-hydrogen) atoms. The van der Waals surface area contributed by atoms with Gasteiger partial charge in [0.2, 0.25) is 0 Å². The molecule has 0 unspecified atom stereocenters. The van der Waals surface area contributed by atoms with Gasteiger partial charge >= 0.3 is 0 Å². The van der Waals surface area contributed by atoms with Crippen LogP contribution in [0.15, 0.2) is 44.0 Å². The van der Waals surface area contributed by atoms with Crippen LogP contribution in [0.25, 0.3) is 0 Å². The van der Waals surface area contributed by atoms with Crippen molar-refractivity contribution in [3.05, 3.63) is 23.5 Å². The maximum Gasteiger partial charge on any atom is 0.293 e. The second-order valence-corrected chi connectivity index (χ2v) is 4.71. The van der Waals surface area contributed by atoms with Gasteiger partial charge in [-0.2, -0.15) is 10.2 Å². The average molecular weight is 260 g/mol. The van der Waals surface area contributed by atoms with Gasteiger partial charge in [-0.25, -0.2) is 0 Å². The van der Waals surface area contributed by atoms with E-state index in [4.69, 9.17) is 0 Å². The van der Waals surface area contributed by atoms with Gasteiger partial charge in [-0.1, -0.05) is 26.7 Å². The lowest BCUT2D eigenvalue weighted by molar-refractivity contribution is -0.116. The summed E-state index contributed by atoms with van der Waals surface area (Å²) in [6.07, 6.45) is 6.00. The summed E-state index contributed by atoms with van der Waals surface area (Å²) in [5.74, 6) is -0.718. The Morgan fingerprint density at radius 3 is 1.58 bits per heavy atom. The van der Waals surface area contributed by atoms with Crippen molar-refractivity contribution in [3.63, 3.8) is 0 Å². The predicted octanol–water partition coefficient (Wildman–Crippen LogP) is 3.33. The molecule has 0 aliphatic carbocycles. The van der Waals surface area contributed by atoms with E-state index in [0.29, 0.717) is 24.0 Å². The summed E-state index contributed by atoms with van der Waals surface area (Å²) in [5, 5.41) is 14.4. The van der Waals surface area contributed by atoms with E-state index in [9.17, 15) is 9.59 Å². The molecular weight excluding hydrogens is 244 g/mol. The Balaban J connectivity index is 2.48. The molecule has 0 saturated carbocycles. The zero-order valence-electron chi connectivity index (χ0n) is 11.1. The van der Waals surface area contributed by atoms with Crippen LogP contribution in [-0.4, -0.2) is 11.8 Å². The molecule has 2 rings (SSSR count). The standard InChI is InChI=1S/C13H16N4O2/c1-3-5-13(6-4-2,9-7-14-16-11(9)18)10-8-15-17-12(10)19/h7-8H,3-6H2,1-2H3. The van der Waals surface area contributed by atoms with E-state index >= 15 is 0 Å². The Labute approximate surface area is 111 Å². The first kappa shape index (κ1) is 13.5. The fraction of sp³-hybridized carbons (Fsp3) is 0.538.